The van der Waals surface area contributed by atoms with Gasteiger partial charge in [0.05, 0.1) is 11.9 Å². The van der Waals surface area contributed by atoms with E-state index in [1.807, 2.05) is 17.9 Å². The van der Waals surface area contributed by atoms with Crippen LogP contribution in [-0.2, 0) is 0 Å². The summed E-state index contributed by atoms with van der Waals surface area (Å²) in [6.07, 6.45) is 3.58. The van der Waals surface area contributed by atoms with Gasteiger partial charge >= 0.3 is 0 Å². The van der Waals surface area contributed by atoms with Crippen molar-refractivity contribution >= 4 is 33.1 Å². The van der Waals surface area contributed by atoms with E-state index >= 15 is 0 Å². The SMILES string of the molecule is CCN(C(=O)c1sc2nnccc2c1N)C1CCNCC1. The number of thiophene rings is 1. The standard InChI is InChI=1S/C14H19N5OS/c1-2-19(9-3-6-16-7-4-9)14(20)12-11(15)10-5-8-17-18-13(10)21-12/h5,8-9,16H,2-4,6-7,15H2,1H3. The molecule has 1 saturated heterocycles. The van der Waals surface area contributed by atoms with Crippen LogP contribution < -0.4 is 11.1 Å². The quantitative estimate of drug-likeness (QED) is 0.897. The van der Waals surface area contributed by atoms with Crippen molar-refractivity contribution in [1.82, 2.24) is 20.4 Å². The molecule has 0 saturated carbocycles. The summed E-state index contributed by atoms with van der Waals surface area (Å²) < 4.78 is 0. The largest absolute Gasteiger partial charge is 0.397 e. The molecular formula is C14H19N5OS. The second-order valence-electron chi connectivity index (χ2n) is 5.17. The Morgan fingerprint density at radius 1 is 1.52 bits per heavy atom. The number of nitrogens with two attached hydrogens (primary N) is 1. The fourth-order valence-corrected chi connectivity index (χ4v) is 3.84. The van der Waals surface area contributed by atoms with Gasteiger partial charge in [-0.05, 0) is 38.9 Å². The molecule has 1 aliphatic rings. The number of hydrogen-bond donors (Lipinski definition) is 2. The molecule has 3 rings (SSSR count). The van der Waals surface area contributed by atoms with Crippen LogP contribution in [0.1, 0.15) is 29.4 Å². The smallest absolute Gasteiger partial charge is 0.266 e. The summed E-state index contributed by atoms with van der Waals surface area (Å²) in [6, 6.07) is 2.10. The van der Waals surface area contributed by atoms with E-state index in [1.54, 1.807) is 6.20 Å². The number of anilines is 1. The zero-order valence-electron chi connectivity index (χ0n) is 12.0. The van der Waals surface area contributed by atoms with Gasteiger partial charge in [-0.1, -0.05) is 0 Å². The number of aromatic nitrogens is 2. The summed E-state index contributed by atoms with van der Waals surface area (Å²) in [7, 11) is 0. The highest BCUT2D eigenvalue weighted by Crippen LogP contribution is 2.33. The molecule has 0 aromatic carbocycles. The first-order chi connectivity index (χ1) is 10.2. The van der Waals surface area contributed by atoms with E-state index in [4.69, 9.17) is 5.73 Å². The fourth-order valence-electron chi connectivity index (χ4n) is 2.85. The third-order valence-corrected chi connectivity index (χ3v) is 5.06. The van der Waals surface area contributed by atoms with Gasteiger partial charge in [-0.3, -0.25) is 4.79 Å². The van der Waals surface area contributed by atoms with Crippen LogP contribution in [0, 0.1) is 0 Å². The van der Waals surface area contributed by atoms with Gasteiger partial charge in [0.2, 0.25) is 0 Å². The highest BCUT2D eigenvalue weighted by Gasteiger charge is 2.28. The van der Waals surface area contributed by atoms with Crippen molar-refractivity contribution in [1.29, 1.82) is 0 Å². The van der Waals surface area contributed by atoms with Gasteiger partial charge in [0, 0.05) is 18.0 Å². The molecule has 0 radical (unpaired) electrons. The van der Waals surface area contributed by atoms with Crippen molar-refractivity contribution in [3.05, 3.63) is 17.1 Å². The van der Waals surface area contributed by atoms with Gasteiger partial charge in [0.25, 0.3) is 5.91 Å². The first-order valence-corrected chi connectivity index (χ1v) is 8.05. The number of hydrogen-bond acceptors (Lipinski definition) is 6. The molecule has 0 aliphatic carbocycles. The van der Waals surface area contributed by atoms with E-state index in [0.29, 0.717) is 23.2 Å². The summed E-state index contributed by atoms with van der Waals surface area (Å²) in [4.78, 5) is 16.1. The zero-order chi connectivity index (χ0) is 14.8. The van der Waals surface area contributed by atoms with E-state index < -0.39 is 0 Å². The number of nitrogen functional groups attached to an aromatic ring is 1. The first kappa shape index (κ1) is 14.2. The van der Waals surface area contributed by atoms with E-state index in [0.717, 1.165) is 36.1 Å². The molecule has 112 valence electrons. The van der Waals surface area contributed by atoms with Gasteiger partial charge in [-0.15, -0.1) is 16.4 Å². The normalized spacial score (nSPS) is 16.2. The predicted molar refractivity (Wildman–Crippen MR) is 84.4 cm³/mol. The second-order valence-corrected chi connectivity index (χ2v) is 6.17. The summed E-state index contributed by atoms with van der Waals surface area (Å²) in [5, 5.41) is 12.0. The monoisotopic (exact) mass is 305 g/mol. The molecule has 3 N–H and O–H groups in total. The number of nitrogens with one attached hydrogen (secondary N) is 1. The minimum Gasteiger partial charge on any atom is -0.397 e. The lowest BCUT2D eigenvalue weighted by atomic mass is 10.0. The van der Waals surface area contributed by atoms with E-state index in [2.05, 4.69) is 15.5 Å². The van der Waals surface area contributed by atoms with Crippen molar-refractivity contribution in [2.24, 2.45) is 0 Å². The molecule has 0 atom stereocenters. The summed E-state index contributed by atoms with van der Waals surface area (Å²) in [6.45, 7) is 4.63. The fraction of sp³-hybridized carbons (Fsp3) is 0.500. The Hall–Kier alpha value is -1.73. The maximum absolute atomic E-state index is 12.9. The number of fused-ring (bicyclic) bond motifs is 1. The van der Waals surface area contributed by atoms with Crippen molar-refractivity contribution < 1.29 is 4.79 Å². The van der Waals surface area contributed by atoms with Gasteiger partial charge < -0.3 is 16.0 Å². The van der Waals surface area contributed by atoms with Crippen molar-refractivity contribution in [2.45, 2.75) is 25.8 Å². The van der Waals surface area contributed by atoms with Gasteiger partial charge in [0.1, 0.15) is 9.71 Å². The first-order valence-electron chi connectivity index (χ1n) is 7.23. The lowest BCUT2D eigenvalue weighted by Gasteiger charge is -2.33. The molecule has 21 heavy (non-hydrogen) atoms. The number of rotatable bonds is 3. The third-order valence-electron chi connectivity index (χ3n) is 3.97. The van der Waals surface area contributed by atoms with E-state index in [-0.39, 0.29) is 5.91 Å². The molecule has 1 amide bonds. The predicted octanol–water partition coefficient (Wildman–Crippen LogP) is 1.49. The lowest BCUT2D eigenvalue weighted by Crippen LogP contribution is -2.46. The summed E-state index contributed by atoms with van der Waals surface area (Å²) in [5.41, 5.74) is 6.67. The average molecular weight is 305 g/mol. The van der Waals surface area contributed by atoms with Gasteiger partial charge in [0.15, 0.2) is 0 Å². The van der Waals surface area contributed by atoms with Crippen molar-refractivity contribution in [2.75, 3.05) is 25.4 Å². The molecule has 2 aromatic heterocycles. The number of piperidine rings is 1. The molecular weight excluding hydrogens is 286 g/mol. The Kier molecular flexibility index (Phi) is 4.03. The minimum atomic E-state index is 0.0184. The minimum absolute atomic E-state index is 0.0184. The third kappa shape index (κ3) is 2.58. The van der Waals surface area contributed by atoms with Crippen LogP contribution in [0.15, 0.2) is 12.3 Å². The Bertz CT molecular complexity index is 650. The molecule has 1 fully saturated rings. The molecule has 0 bridgehead atoms. The molecule has 3 heterocycles. The second kappa shape index (κ2) is 5.95. The van der Waals surface area contributed by atoms with Crippen LogP contribution in [0.3, 0.4) is 0 Å². The number of carbonyl (C=O) groups is 1. The van der Waals surface area contributed by atoms with E-state index in [1.165, 1.54) is 11.3 Å². The molecule has 2 aromatic rings. The lowest BCUT2D eigenvalue weighted by molar-refractivity contribution is 0.0662. The van der Waals surface area contributed by atoms with Crippen molar-refractivity contribution in [3.8, 4) is 0 Å². The number of carbonyl (C=O) groups excluding carboxylic acids is 1. The summed E-state index contributed by atoms with van der Waals surface area (Å²) >= 11 is 1.33. The Morgan fingerprint density at radius 3 is 2.95 bits per heavy atom. The van der Waals surface area contributed by atoms with Crippen LogP contribution in [0.25, 0.3) is 10.2 Å². The molecule has 7 heteroatoms. The van der Waals surface area contributed by atoms with Crippen LogP contribution in [-0.4, -0.2) is 46.7 Å². The molecule has 6 nitrogen and oxygen atoms in total. The molecule has 0 unspecified atom stereocenters. The maximum atomic E-state index is 12.9. The highest BCUT2D eigenvalue weighted by atomic mass is 32.1. The van der Waals surface area contributed by atoms with Crippen LogP contribution in [0.2, 0.25) is 0 Å². The zero-order valence-corrected chi connectivity index (χ0v) is 12.8. The Balaban J connectivity index is 1.92. The summed E-state index contributed by atoms with van der Waals surface area (Å²) in [5.74, 6) is 0.0184. The highest BCUT2D eigenvalue weighted by molar-refractivity contribution is 7.21. The van der Waals surface area contributed by atoms with E-state index in [9.17, 15) is 4.79 Å². The molecule has 0 spiro atoms. The maximum Gasteiger partial charge on any atom is 0.266 e. The number of amides is 1. The van der Waals surface area contributed by atoms with Crippen LogP contribution >= 0.6 is 11.3 Å². The van der Waals surface area contributed by atoms with Crippen LogP contribution in [0.5, 0.6) is 0 Å². The average Bonchev–Trinajstić information content (AvgIpc) is 2.87. The van der Waals surface area contributed by atoms with Crippen molar-refractivity contribution in [3.63, 3.8) is 0 Å². The van der Waals surface area contributed by atoms with Gasteiger partial charge in [-0.2, -0.15) is 5.10 Å². The van der Waals surface area contributed by atoms with Crippen LogP contribution in [0.4, 0.5) is 5.69 Å². The Labute approximate surface area is 127 Å². The Morgan fingerprint density at radius 2 is 2.29 bits per heavy atom. The van der Waals surface area contributed by atoms with Gasteiger partial charge in [-0.25, -0.2) is 0 Å². The molecule has 1 aliphatic heterocycles. The topological polar surface area (TPSA) is 84.1 Å². The number of nitrogens with zero attached hydrogens (tertiary/aromatic N) is 3.